The molecule has 96 valence electrons. The number of nitrogens with two attached hydrogens (primary N) is 1. The van der Waals surface area contributed by atoms with Crippen molar-refractivity contribution in [1.29, 1.82) is 0 Å². The number of nitrogens with zero attached hydrogens (tertiary/aromatic N) is 4. The molecule has 0 bridgehead atoms. The fourth-order valence-corrected chi connectivity index (χ4v) is 3.05. The highest BCUT2D eigenvalue weighted by Gasteiger charge is 2.16. The second-order valence-corrected chi connectivity index (χ2v) is 6.62. The van der Waals surface area contributed by atoms with E-state index in [1.54, 1.807) is 19.2 Å². The minimum atomic E-state index is -3.34. The van der Waals surface area contributed by atoms with Crippen LogP contribution in [0.4, 0.5) is 5.69 Å². The molecule has 2 N–H and O–H groups in total. The minimum absolute atomic E-state index is 0.114. The van der Waals surface area contributed by atoms with E-state index in [0.29, 0.717) is 10.1 Å². The minimum Gasteiger partial charge on any atom is -0.397 e. The first-order valence-electron chi connectivity index (χ1n) is 4.88. The van der Waals surface area contributed by atoms with Gasteiger partial charge in [-0.25, -0.2) is 13.1 Å². The number of tetrazole rings is 1. The van der Waals surface area contributed by atoms with Gasteiger partial charge in [0.1, 0.15) is 0 Å². The Labute approximate surface area is 108 Å². The van der Waals surface area contributed by atoms with Crippen LogP contribution in [0.15, 0.2) is 33.1 Å². The van der Waals surface area contributed by atoms with Gasteiger partial charge in [-0.1, -0.05) is 6.07 Å². The van der Waals surface area contributed by atoms with Crippen LogP contribution in [-0.2, 0) is 16.9 Å². The zero-order valence-electron chi connectivity index (χ0n) is 9.73. The largest absolute Gasteiger partial charge is 0.397 e. The van der Waals surface area contributed by atoms with Gasteiger partial charge >= 0.3 is 0 Å². The predicted molar refractivity (Wildman–Crippen MR) is 66.9 cm³/mol. The second kappa shape index (κ2) is 4.58. The highest BCUT2D eigenvalue weighted by atomic mass is 32.2. The summed E-state index contributed by atoms with van der Waals surface area (Å²) in [5, 5.41) is 11.5. The van der Waals surface area contributed by atoms with Crippen LogP contribution in [0.1, 0.15) is 0 Å². The third-order valence-corrected chi connectivity index (χ3v) is 4.47. The zero-order valence-corrected chi connectivity index (χ0v) is 11.4. The van der Waals surface area contributed by atoms with Crippen molar-refractivity contribution < 1.29 is 8.42 Å². The van der Waals surface area contributed by atoms with Crippen LogP contribution in [0, 0.1) is 0 Å². The average Bonchev–Trinajstić information content (AvgIpc) is 2.66. The molecule has 0 spiro atoms. The van der Waals surface area contributed by atoms with Crippen LogP contribution in [-0.4, -0.2) is 34.9 Å². The van der Waals surface area contributed by atoms with E-state index in [-0.39, 0.29) is 10.6 Å². The monoisotopic (exact) mass is 285 g/mol. The first kappa shape index (κ1) is 12.8. The molecule has 0 amide bonds. The van der Waals surface area contributed by atoms with Crippen molar-refractivity contribution in [3.8, 4) is 0 Å². The predicted octanol–water partition coefficient (Wildman–Crippen LogP) is 0.347. The number of para-hydroxylation sites is 1. The fraction of sp³-hybridized carbons (Fsp3) is 0.222. The van der Waals surface area contributed by atoms with E-state index in [0.717, 1.165) is 6.26 Å². The van der Waals surface area contributed by atoms with Crippen molar-refractivity contribution in [3.05, 3.63) is 18.2 Å². The quantitative estimate of drug-likeness (QED) is 0.811. The summed E-state index contributed by atoms with van der Waals surface area (Å²) in [6, 6.07) is 4.84. The maximum atomic E-state index is 11.5. The summed E-state index contributed by atoms with van der Waals surface area (Å²) in [7, 11) is -1.65. The number of benzene rings is 1. The Balaban J connectivity index is 2.45. The average molecular weight is 285 g/mol. The van der Waals surface area contributed by atoms with Gasteiger partial charge in [-0.05, 0) is 34.3 Å². The van der Waals surface area contributed by atoms with Crippen LogP contribution >= 0.6 is 11.8 Å². The lowest BCUT2D eigenvalue weighted by molar-refractivity contribution is 0.602. The normalized spacial score (nSPS) is 11.7. The van der Waals surface area contributed by atoms with Crippen LogP contribution in [0.25, 0.3) is 0 Å². The molecule has 2 rings (SSSR count). The molecule has 0 aliphatic carbocycles. The maximum absolute atomic E-state index is 11.5. The SMILES string of the molecule is Cn1nnnc1Sc1cccc(S(C)(=O)=O)c1N. The lowest BCUT2D eigenvalue weighted by Gasteiger charge is -2.08. The van der Waals surface area contributed by atoms with Crippen molar-refractivity contribution in [2.45, 2.75) is 14.9 Å². The summed E-state index contributed by atoms with van der Waals surface area (Å²) >= 11 is 1.22. The van der Waals surface area contributed by atoms with Gasteiger partial charge in [-0.15, -0.1) is 5.10 Å². The Morgan fingerprint density at radius 3 is 2.67 bits per heavy atom. The highest BCUT2D eigenvalue weighted by molar-refractivity contribution is 7.99. The molecule has 2 aromatic rings. The lowest BCUT2D eigenvalue weighted by Crippen LogP contribution is -2.03. The Hall–Kier alpha value is -1.61. The number of hydrogen-bond acceptors (Lipinski definition) is 7. The molecule has 7 nitrogen and oxygen atoms in total. The Morgan fingerprint density at radius 2 is 2.11 bits per heavy atom. The fourth-order valence-electron chi connectivity index (χ4n) is 1.34. The molecule has 18 heavy (non-hydrogen) atoms. The van der Waals surface area contributed by atoms with Crippen LogP contribution in [0.2, 0.25) is 0 Å². The van der Waals surface area contributed by atoms with Crippen LogP contribution in [0.3, 0.4) is 0 Å². The van der Waals surface area contributed by atoms with E-state index in [2.05, 4.69) is 15.5 Å². The third-order valence-electron chi connectivity index (χ3n) is 2.21. The molecule has 0 saturated carbocycles. The van der Waals surface area contributed by atoms with Gasteiger partial charge in [0.05, 0.1) is 10.6 Å². The number of anilines is 1. The first-order chi connectivity index (χ1) is 8.39. The summed E-state index contributed by atoms with van der Waals surface area (Å²) in [5.41, 5.74) is 6.07. The summed E-state index contributed by atoms with van der Waals surface area (Å²) in [6.45, 7) is 0. The topological polar surface area (TPSA) is 104 Å². The van der Waals surface area contributed by atoms with E-state index < -0.39 is 9.84 Å². The number of sulfone groups is 1. The van der Waals surface area contributed by atoms with Gasteiger partial charge in [0.15, 0.2) is 9.84 Å². The molecule has 0 aliphatic heterocycles. The number of aryl methyl sites for hydroxylation is 1. The molecule has 1 aromatic carbocycles. The van der Waals surface area contributed by atoms with Gasteiger partial charge in [-0.2, -0.15) is 0 Å². The number of rotatable bonds is 3. The van der Waals surface area contributed by atoms with Crippen LogP contribution in [0.5, 0.6) is 0 Å². The van der Waals surface area contributed by atoms with Gasteiger partial charge < -0.3 is 5.73 Å². The Bertz CT molecular complexity index is 680. The van der Waals surface area contributed by atoms with Crippen molar-refractivity contribution in [2.75, 3.05) is 12.0 Å². The molecular formula is C9H11N5O2S2. The molecule has 1 heterocycles. The molecular weight excluding hydrogens is 274 g/mol. The lowest BCUT2D eigenvalue weighted by atomic mass is 10.3. The number of aromatic nitrogens is 4. The first-order valence-corrected chi connectivity index (χ1v) is 7.59. The third kappa shape index (κ3) is 2.46. The van der Waals surface area contributed by atoms with Gasteiger partial charge in [0.2, 0.25) is 5.16 Å². The van der Waals surface area contributed by atoms with Crippen LogP contribution < -0.4 is 5.73 Å². The van der Waals surface area contributed by atoms with E-state index in [1.165, 1.54) is 22.5 Å². The Kier molecular flexibility index (Phi) is 3.26. The number of nitrogen functional groups attached to an aromatic ring is 1. The van der Waals surface area contributed by atoms with Crippen molar-refractivity contribution >= 4 is 27.3 Å². The van der Waals surface area contributed by atoms with Crippen molar-refractivity contribution in [3.63, 3.8) is 0 Å². The van der Waals surface area contributed by atoms with E-state index in [1.807, 2.05) is 0 Å². The Morgan fingerprint density at radius 1 is 1.39 bits per heavy atom. The van der Waals surface area contributed by atoms with Gasteiger partial charge in [-0.3, -0.25) is 0 Å². The van der Waals surface area contributed by atoms with Gasteiger partial charge in [0, 0.05) is 18.2 Å². The standard InChI is InChI=1S/C9H11N5O2S2/c1-14-9(11-12-13-14)17-6-4-3-5-7(8(6)10)18(2,15)16/h3-5H,10H2,1-2H3. The summed E-state index contributed by atoms with van der Waals surface area (Å²) in [4.78, 5) is 0.721. The van der Waals surface area contributed by atoms with E-state index >= 15 is 0 Å². The molecule has 0 radical (unpaired) electrons. The molecule has 0 saturated heterocycles. The van der Waals surface area contributed by atoms with Crippen molar-refractivity contribution in [2.24, 2.45) is 7.05 Å². The highest BCUT2D eigenvalue weighted by Crippen LogP contribution is 2.33. The van der Waals surface area contributed by atoms with Gasteiger partial charge in [0.25, 0.3) is 0 Å². The molecule has 0 aliphatic rings. The smallest absolute Gasteiger partial charge is 0.213 e. The molecule has 0 atom stereocenters. The summed E-state index contributed by atoms with van der Waals surface area (Å²) in [6.07, 6.45) is 1.12. The maximum Gasteiger partial charge on any atom is 0.213 e. The second-order valence-electron chi connectivity index (χ2n) is 3.63. The molecule has 0 unspecified atom stereocenters. The molecule has 0 fully saturated rings. The summed E-state index contributed by atoms with van der Waals surface area (Å²) < 4.78 is 24.6. The van der Waals surface area contributed by atoms with Crippen molar-refractivity contribution in [1.82, 2.24) is 20.2 Å². The zero-order chi connectivity index (χ0) is 13.3. The molecule has 9 heteroatoms. The number of hydrogen-bond donors (Lipinski definition) is 1. The summed E-state index contributed by atoms with van der Waals surface area (Å²) in [5.74, 6) is 0. The molecule has 1 aromatic heterocycles. The van der Waals surface area contributed by atoms with E-state index in [9.17, 15) is 8.42 Å². The van der Waals surface area contributed by atoms with E-state index in [4.69, 9.17) is 5.73 Å².